The van der Waals surface area contributed by atoms with E-state index >= 15 is 0 Å². The highest BCUT2D eigenvalue weighted by Gasteiger charge is 2.45. The fourth-order valence-corrected chi connectivity index (χ4v) is 4.88. The van der Waals surface area contributed by atoms with Crippen LogP contribution in [-0.4, -0.2) is 21.5 Å². The number of nitrogens with one attached hydrogen (secondary N) is 1. The number of ether oxygens (including phenoxy) is 1. The van der Waals surface area contributed by atoms with Gasteiger partial charge in [0.25, 0.3) is 0 Å². The van der Waals surface area contributed by atoms with Gasteiger partial charge in [-0.25, -0.2) is 17.7 Å². The van der Waals surface area contributed by atoms with E-state index in [1.54, 1.807) is 51.1 Å². The Morgan fingerprint density at radius 1 is 0.946 bits per heavy atom. The first-order chi connectivity index (χ1) is 17.1. The van der Waals surface area contributed by atoms with E-state index in [0.29, 0.717) is 17.2 Å². The standard InChI is InChI=1S/C26H24BrF6NO2S/c1-24(2,3)37(35)34-25(15-16-7-5-4-6-8-16,17-9-10-22(29)21(27)13-17)18-11-19(28)14-20(12-18)36-26(32,33)23(30)31/h4-14,23,34H,15H2,1-3H3/t25-,37?/m1/s1. The van der Waals surface area contributed by atoms with Gasteiger partial charge in [0, 0.05) is 6.07 Å². The topological polar surface area (TPSA) is 38.3 Å². The molecule has 37 heavy (non-hydrogen) atoms. The zero-order valence-electron chi connectivity index (χ0n) is 20.0. The quantitative estimate of drug-likeness (QED) is 0.256. The molecule has 11 heteroatoms. The third-order valence-electron chi connectivity index (χ3n) is 5.42. The SMILES string of the molecule is CC(C)(C)S(=O)N[C@@](Cc1ccccc1)(c1cc(F)cc(OC(F)(F)C(F)F)c1)c1ccc(F)c(Br)c1. The van der Waals surface area contributed by atoms with E-state index < -0.39 is 51.2 Å². The highest BCUT2D eigenvalue weighted by molar-refractivity contribution is 9.10. The van der Waals surface area contributed by atoms with Gasteiger partial charge in [0.2, 0.25) is 0 Å². The largest absolute Gasteiger partial charge is 0.461 e. The van der Waals surface area contributed by atoms with Gasteiger partial charge in [0.05, 0.1) is 25.7 Å². The molecule has 0 aliphatic rings. The lowest BCUT2D eigenvalue weighted by Crippen LogP contribution is -2.50. The van der Waals surface area contributed by atoms with E-state index in [0.717, 1.165) is 18.2 Å². The number of hydrogen-bond acceptors (Lipinski definition) is 2. The predicted molar refractivity (Wildman–Crippen MR) is 134 cm³/mol. The van der Waals surface area contributed by atoms with Gasteiger partial charge in [0.15, 0.2) is 0 Å². The molecule has 0 aliphatic heterocycles. The van der Waals surface area contributed by atoms with E-state index in [4.69, 9.17) is 0 Å². The highest BCUT2D eigenvalue weighted by Crippen LogP contribution is 2.39. The van der Waals surface area contributed by atoms with Crippen molar-refractivity contribution in [2.45, 2.75) is 50.0 Å². The van der Waals surface area contributed by atoms with Crippen molar-refractivity contribution in [3.63, 3.8) is 0 Å². The zero-order valence-corrected chi connectivity index (χ0v) is 22.4. The molecular formula is C26H24BrF6NO2S. The second kappa shape index (κ2) is 11.2. The van der Waals surface area contributed by atoms with Crippen molar-refractivity contribution in [3.8, 4) is 5.75 Å². The van der Waals surface area contributed by atoms with Gasteiger partial charge in [-0.15, -0.1) is 0 Å². The molecule has 3 aromatic rings. The predicted octanol–water partition coefficient (Wildman–Crippen LogP) is 7.50. The van der Waals surface area contributed by atoms with Crippen molar-refractivity contribution < 1.29 is 35.3 Å². The molecule has 1 unspecified atom stereocenters. The van der Waals surface area contributed by atoms with Crippen molar-refractivity contribution in [2.24, 2.45) is 0 Å². The molecule has 0 amide bonds. The summed E-state index contributed by atoms with van der Waals surface area (Å²) in [5, 5.41) is 0. The van der Waals surface area contributed by atoms with Gasteiger partial charge >= 0.3 is 12.5 Å². The number of benzene rings is 3. The summed E-state index contributed by atoms with van der Waals surface area (Å²) in [6, 6.07) is 15.2. The second-order valence-electron chi connectivity index (χ2n) is 9.32. The maximum atomic E-state index is 14.8. The molecule has 0 saturated heterocycles. The first-order valence-corrected chi connectivity index (χ1v) is 12.9. The zero-order chi connectivity index (χ0) is 27.6. The molecule has 3 aromatic carbocycles. The van der Waals surface area contributed by atoms with Gasteiger partial charge in [-0.2, -0.15) is 17.6 Å². The van der Waals surface area contributed by atoms with E-state index in [2.05, 4.69) is 25.4 Å². The molecule has 0 spiro atoms. The molecular weight excluding hydrogens is 584 g/mol. The van der Waals surface area contributed by atoms with Crippen molar-refractivity contribution in [1.82, 2.24) is 4.72 Å². The molecule has 0 saturated carbocycles. The van der Waals surface area contributed by atoms with Crippen LogP contribution in [0.5, 0.6) is 5.75 Å². The summed E-state index contributed by atoms with van der Waals surface area (Å²) < 4.78 is 102. The van der Waals surface area contributed by atoms with Crippen LogP contribution >= 0.6 is 15.9 Å². The van der Waals surface area contributed by atoms with Crippen LogP contribution in [-0.2, 0) is 22.9 Å². The van der Waals surface area contributed by atoms with Crippen molar-refractivity contribution in [3.05, 3.63) is 99.5 Å². The smallest absolute Gasteiger partial charge is 0.428 e. The van der Waals surface area contributed by atoms with Gasteiger partial charge in [-0.05, 0) is 84.1 Å². The molecule has 3 rings (SSSR count). The van der Waals surface area contributed by atoms with Gasteiger partial charge in [-0.1, -0.05) is 36.4 Å². The molecule has 0 radical (unpaired) electrons. The van der Waals surface area contributed by atoms with E-state index in [1.807, 2.05) is 0 Å². The summed E-state index contributed by atoms with van der Waals surface area (Å²) in [7, 11) is -1.82. The number of alkyl halides is 4. The van der Waals surface area contributed by atoms with Crippen LogP contribution in [0.25, 0.3) is 0 Å². The Bertz CT molecular complexity index is 1270. The summed E-state index contributed by atoms with van der Waals surface area (Å²) in [5.74, 6) is -2.52. The number of hydrogen-bond donors (Lipinski definition) is 1. The molecule has 0 bridgehead atoms. The Hall–Kier alpha value is -2.37. The van der Waals surface area contributed by atoms with Crippen LogP contribution in [0.4, 0.5) is 26.3 Å². The summed E-state index contributed by atoms with van der Waals surface area (Å²) >= 11 is 3.13. The van der Waals surface area contributed by atoms with Crippen LogP contribution in [0.2, 0.25) is 0 Å². The van der Waals surface area contributed by atoms with E-state index in [9.17, 15) is 30.6 Å². The molecule has 2 atom stereocenters. The fourth-order valence-electron chi connectivity index (χ4n) is 3.57. The molecule has 0 fully saturated rings. The minimum atomic E-state index is -4.88. The number of rotatable bonds is 9. The van der Waals surface area contributed by atoms with Crippen LogP contribution in [0, 0.1) is 11.6 Å². The molecule has 200 valence electrons. The van der Waals surface area contributed by atoms with Crippen LogP contribution in [0.15, 0.2) is 71.2 Å². The van der Waals surface area contributed by atoms with E-state index in [-0.39, 0.29) is 16.5 Å². The van der Waals surface area contributed by atoms with Crippen molar-refractivity contribution >= 4 is 26.9 Å². The molecule has 1 N–H and O–H groups in total. The van der Waals surface area contributed by atoms with Crippen molar-refractivity contribution in [2.75, 3.05) is 0 Å². The van der Waals surface area contributed by atoms with Crippen molar-refractivity contribution in [1.29, 1.82) is 0 Å². The molecule has 3 nitrogen and oxygen atoms in total. The summed E-state index contributed by atoms with van der Waals surface area (Å²) in [5.41, 5.74) is -0.673. The second-order valence-corrected chi connectivity index (χ2v) is 12.1. The third kappa shape index (κ3) is 6.94. The Morgan fingerprint density at radius 3 is 2.16 bits per heavy atom. The summed E-state index contributed by atoms with van der Waals surface area (Å²) in [6.07, 6.45) is -9.04. The van der Waals surface area contributed by atoms with Crippen LogP contribution in [0.1, 0.15) is 37.5 Å². The molecule has 0 aromatic heterocycles. The minimum absolute atomic E-state index is 0.00185. The Kier molecular flexibility index (Phi) is 8.81. The first-order valence-electron chi connectivity index (χ1n) is 11.0. The highest BCUT2D eigenvalue weighted by atomic mass is 79.9. The maximum Gasteiger partial charge on any atom is 0.461 e. The number of halogens is 7. The normalized spacial score (nSPS) is 14.9. The lowest BCUT2D eigenvalue weighted by atomic mass is 9.78. The minimum Gasteiger partial charge on any atom is -0.428 e. The van der Waals surface area contributed by atoms with Gasteiger partial charge in [-0.3, -0.25) is 0 Å². The fraction of sp³-hybridized carbons (Fsp3) is 0.308. The van der Waals surface area contributed by atoms with E-state index in [1.165, 1.54) is 12.1 Å². The first kappa shape index (κ1) is 29.2. The third-order valence-corrected chi connectivity index (χ3v) is 7.67. The Labute approximate surface area is 221 Å². The van der Waals surface area contributed by atoms with Gasteiger partial charge in [0.1, 0.15) is 17.4 Å². The summed E-state index contributed by atoms with van der Waals surface area (Å²) in [4.78, 5) is 0. The monoisotopic (exact) mass is 607 g/mol. The average molecular weight is 608 g/mol. The van der Waals surface area contributed by atoms with Gasteiger partial charge < -0.3 is 4.74 Å². The maximum absolute atomic E-state index is 14.8. The van der Waals surface area contributed by atoms with Crippen LogP contribution in [0.3, 0.4) is 0 Å². The van der Waals surface area contributed by atoms with Crippen LogP contribution < -0.4 is 9.46 Å². The average Bonchev–Trinajstić information content (AvgIpc) is 2.79. The lowest BCUT2D eigenvalue weighted by molar-refractivity contribution is -0.253. The lowest BCUT2D eigenvalue weighted by Gasteiger charge is -2.38. The Morgan fingerprint density at radius 2 is 1.59 bits per heavy atom. The Balaban J connectivity index is 2.33. The summed E-state index contributed by atoms with van der Waals surface area (Å²) in [6.45, 7) is 5.06. The molecule has 0 aliphatic carbocycles. The molecule has 0 heterocycles.